The van der Waals surface area contributed by atoms with Crippen molar-refractivity contribution in [3.8, 4) is 0 Å². The molecular formula is C13H25N5. The van der Waals surface area contributed by atoms with Gasteiger partial charge < -0.3 is 15.5 Å². The Morgan fingerprint density at radius 1 is 1.33 bits per heavy atom. The van der Waals surface area contributed by atoms with Crippen LogP contribution in [0.3, 0.4) is 0 Å². The van der Waals surface area contributed by atoms with Gasteiger partial charge in [0.2, 0.25) is 5.95 Å². The summed E-state index contributed by atoms with van der Waals surface area (Å²) < 4.78 is 0. The van der Waals surface area contributed by atoms with Crippen molar-refractivity contribution in [3.05, 3.63) is 11.8 Å². The minimum atomic E-state index is 0.373. The first-order valence-corrected chi connectivity index (χ1v) is 6.36. The highest BCUT2D eigenvalue weighted by molar-refractivity contribution is 5.47. The molecule has 0 bridgehead atoms. The first-order valence-electron chi connectivity index (χ1n) is 6.36. The third kappa shape index (κ3) is 4.14. The molecule has 0 aromatic carbocycles. The predicted molar refractivity (Wildman–Crippen MR) is 77.1 cm³/mol. The molecule has 1 rings (SSSR count). The lowest BCUT2D eigenvalue weighted by Crippen LogP contribution is -2.37. The van der Waals surface area contributed by atoms with E-state index in [4.69, 9.17) is 0 Å². The molecule has 0 aliphatic carbocycles. The maximum absolute atomic E-state index is 4.47. The molecule has 0 saturated heterocycles. The van der Waals surface area contributed by atoms with Crippen LogP contribution >= 0.6 is 0 Å². The van der Waals surface area contributed by atoms with Gasteiger partial charge >= 0.3 is 0 Å². The van der Waals surface area contributed by atoms with E-state index >= 15 is 0 Å². The molecule has 0 amide bonds. The van der Waals surface area contributed by atoms with Crippen LogP contribution in [-0.4, -0.2) is 48.6 Å². The topological polar surface area (TPSA) is 53.1 Å². The second kappa shape index (κ2) is 6.54. The zero-order valence-electron chi connectivity index (χ0n) is 12.3. The van der Waals surface area contributed by atoms with E-state index in [9.17, 15) is 0 Å². The standard InChI is InChI=1S/C13H25N5/c1-9(2)11(8-18(5)6)16-12-10(3)7-15-13(14-4)17-12/h7,9,11H,8H2,1-6H3,(H2,14,15,16,17). The number of nitrogens with zero attached hydrogens (tertiary/aromatic N) is 3. The fourth-order valence-corrected chi connectivity index (χ4v) is 1.70. The second-order valence-electron chi connectivity index (χ2n) is 5.23. The van der Waals surface area contributed by atoms with Gasteiger partial charge in [0, 0.05) is 31.4 Å². The van der Waals surface area contributed by atoms with E-state index in [0.29, 0.717) is 17.9 Å². The number of aryl methyl sites for hydroxylation is 1. The number of hydrogen-bond acceptors (Lipinski definition) is 5. The molecule has 5 nitrogen and oxygen atoms in total. The fraction of sp³-hybridized carbons (Fsp3) is 0.692. The molecule has 0 fully saturated rings. The van der Waals surface area contributed by atoms with Crippen LogP contribution in [0.25, 0.3) is 0 Å². The largest absolute Gasteiger partial charge is 0.365 e. The smallest absolute Gasteiger partial charge is 0.224 e. The molecule has 1 aromatic rings. The Hall–Kier alpha value is -1.36. The fourth-order valence-electron chi connectivity index (χ4n) is 1.70. The number of likely N-dealkylation sites (N-methyl/N-ethyl adjacent to an activating group) is 1. The average Bonchev–Trinajstić information content (AvgIpc) is 2.30. The molecule has 0 radical (unpaired) electrons. The lowest BCUT2D eigenvalue weighted by Gasteiger charge is -2.26. The summed E-state index contributed by atoms with van der Waals surface area (Å²) in [5, 5.41) is 6.49. The third-order valence-electron chi connectivity index (χ3n) is 2.88. The summed E-state index contributed by atoms with van der Waals surface area (Å²) >= 11 is 0. The van der Waals surface area contributed by atoms with Crippen LogP contribution in [0.15, 0.2) is 6.20 Å². The highest BCUT2D eigenvalue weighted by Gasteiger charge is 2.16. The first-order chi connectivity index (χ1) is 8.43. The van der Waals surface area contributed by atoms with Crippen LogP contribution in [0, 0.1) is 12.8 Å². The number of aromatic nitrogens is 2. The van der Waals surface area contributed by atoms with Crippen molar-refractivity contribution in [2.24, 2.45) is 5.92 Å². The van der Waals surface area contributed by atoms with Crippen LogP contribution in [0.4, 0.5) is 11.8 Å². The van der Waals surface area contributed by atoms with Crippen molar-refractivity contribution in [2.45, 2.75) is 26.8 Å². The van der Waals surface area contributed by atoms with Gasteiger partial charge in [0.1, 0.15) is 5.82 Å². The lowest BCUT2D eigenvalue weighted by atomic mass is 10.0. The monoisotopic (exact) mass is 251 g/mol. The SMILES string of the molecule is CNc1ncc(C)c(NC(CN(C)C)C(C)C)n1. The van der Waals surface area contributed by atoms with E-state index in [1.807, 2.05) is 20.2 Å². The van der Waals surface area contributed by atoms with Crippen molar-refractivity contribution >= 4 is 11.8 Å². The predicted octanol–water partition coefficient (Wildman–Crippen LogP) is 1.82. The molecule has 1 aromatic heterocycles. The highest BCUT2D eigenvalue weighted by atomic mass is 15.2. The van der Waals surface area contributed by atoms with Gasteiger partial charge in [0.05, 0.1) is 0 Å². The van der Waals surface area contributed by atoms with Gasteiger partial charge in [0.25, 0.3) is 0 Å². The van der Waals surface area contributed by atoms with E-state index in [1.165, 1.54) is 0 Å². The zero-order valence-corrected chi connectivity index (χ0v) is 12.3. The number of hydrogen-bond donors (Lipinski definition) is 2. The number of nitrogens with one attached hydrogen (secondary N) is 2. The van der Waals surface area contributed by atoms with Crippen molar-refractivity contribution in [2.75, 3.05) is 38.3 Å². The Bertz CT molecular complexity index is 376. The van der Waals surface area contributed by atoms with Crippen molar-refractivity contribution in [1.82, 2.24) is 14.9 Å². The van der Waals surface area contributed by atoms with Gasteiger partial charge in [-0.15, -0.1) is 0 Å². The first kappa shape index (κ1) is 14.7. The summed E-state index contributed by atoms with van der Waals surface area (Å²) in [5.74, 6) is 2.10. The molecule has 0 spiro atoms. The maximum atomic E-state index is 4.47. The van der Waals surface area contributed by atoms with E-state index in [2.05, 4.69) is 53.4 Å². The highest BCUT2D eigenvalue weighted by Crippen LogP contribution is 2.16. The lowest BCUT2D eigenvalue weighted by molar-refractivity contribution is 0.344. The molecule has 102 valence electrons. The van der Waals surface area contributed by atoms with Crippen molar-refractivity contribution in [1.29, 1.82) is 0 Å². The Labute approximate surface area is 110 Å². The average molecular weight is 251 g/mol. The molecular weight excluding hydrogens is 226 g/mol. The van der Waals surface area contributed by atoms with Crippen LogP contribution in [0.5, 0.6) is 0 Å². The van der Waals surface area contributed by atoms with Crippen LogP contribution in [0.1, 0.15) is 19.4 Å². The minimum Gasteiger partial charge on any atom is -0.365 e. The molecule has 2 N–H and O–H groups in total. The van der Waals surface area contributed by atoms with Gasteiger partial charge in [-0.1, -0.05) is 13.8 Å². The van der Waals surface area contributed by atoms with E-state index in [1.54, 1.807) is 0 Å². The Morgan fingerprint density at radius 2 is 2.00 bits per heavy atom. The van der Waals surface area contributed by atoms with Crippen LogP contribution in [0.2, 0.25) is 0 Å². The summed E-state index contributed by atoms with van der Waals surface area (Å²) in [7, 11) is 6.00. The normalized spacial score (nSPS) is 12.9. The summed E-state index contributed by atoms with van der Waals surface area (Å²) in [6, 6.07) is 0.373. The molecule has 1 unspecified atom stereocenters. The van der Waals surface area contributed by atoms with Crippen molar-refractivity contribution < 1.29 is 0 Å². The summed E-state index contributed by atoms with van der Waals surface area (Å²) in [6.45, 7) is 7.44. The zero-order chi connectivity index (χ0) is 13.7. The number of rotatable bonds is 6. The van der Waals surface area contributed by atoms with Gasteiger partial charge in [-0.05, 0) is 26.9 Å². The molecule has 0 aliphatic heterocycles. The van der Waals surface area contributed by atoms with Gasteiger partial charge in [-0.2, -0.15) is 4.98 Å². The molecule has 0 saturated carbocycles. The molecule has 1 heterocycles. The summed E-state index contributed by atoms with van der Waals surface area (Å²) in [6.07, 6.45) is 1.84. The second-order valence-corrected chi connectivity index (χ2v) is 5.23. The number of anilines is 2. The minimum absolute atomic E-state index is 0.373. The Kier molecular flexibility index (Phi) is 5.34. The summed E-state index contributed by atoms with van der Waals surface area (Å²) in [5.41, 5.74) is 1.07. The molecule has 0 aliphatic rings. The molecule has 5 heteroatoms. The van der Waals surface area contributed by atoms with E-state index < -0.39 is 0 Å². The van der Waals surface area contributed by atoms with Gasteiger partial charge in [-0.25, -0.2) is 4.98 Å². The van der Waals surface area contributed by atoms with E-state index in [-0.39, 0.29) is 0 Å². The Balaban J connectivity index is 2.85. The Morgan fingerprint density at radius 3 is 2.50 bits per heavy atom. The van der Waals surface area contributed by atoms with Gasteiger partial charge in [0.15, 0.2) is 0 Å². The summed E-state index contributed by atoms with van der Waals surface area (Å²) in [4.78, 5) is 10.9. The quantitative estimate of drug-likeness (QED) is 0.808. The van der Waals surface area contributed by atoms with Gasteiger partial charge in [-0.3, -0.25) is 0 Å². The maximum Gasteiger partial charge on any atom is 0.224 e. The molecule has 18 heavy (non-hydrogen) atoms. The van der Waals surface area contributed by atoms with Crippen LogP contribution in [-0.2, 0) is 0 Å². The van der Waals surface area contributed by atoms with Crippen molar-refractivity contribution in [3.63, 3.8) is 0 Å². The van der Waals surface area contributed by atoms with E-state index in [0.717, 1.165) is 17.9 Å². The van der Waals surface area contributed by atoms with Crippen LogP contribution < -0.4 is 10.6 Å². The molecule has 1 atom stereocenters. The third-order valence-corrected chi connectivity index (χ3v) is 2.88.